The molecule has 0 amide bonds. The topological polar surface area (TPSA) is 18.5 Å². The molecular formula is C16H25N3. The van der Waals surface area contributed by atoms with Crippen LogP contribution in [0, 0.1) is 0 Å². The average molecular weight is 259 g/mol. The minimum atomic E-state index is 1.01. The van der Waals surface area contributed by atoms with Crippen LogP contribution in [-0.4, -0.2) is 62.7 Å². The Bertz CT molecular complexity index is 369. The van der Waals surface area contributed by atoms with E-state index >= 15 is 0 Å². The first kappa shape index (κ1) is 14.3. The molecule has 1 N–H and O–H groups in total. The second-order valence-electron chi connectivity index (χ2n) is 5.17. The van der Waals surface area contributed by atoms with Crippen LogP contribution in [0.5, 0.6) is 0 Å². The first-order chi connectivity index (χ1) is 9.34. The highest BCUT2D eigenvalue weighted by Gasteiger charge is 2.09. The lowest BCUT2D eigenvalue weighted by Crippen LogP contribution is -2.45. The molecule has 19 heavy (non-hydrogen) atoms. The Labute approximate surface area is 116 Å². The Morgan fingerprint density at radius 1 is 1.21 bits per heavy atom. The van der Waals surface area contributed by atoms with E-state index in [1.165, 1.54) is 25.2 Å². The number of nitrogens with zero attached hydrogens (tertiary/aromatic N) is 2. The molecule has 1 aliphatic heterocycles. The van der Waals surface area contributed by atoms with Crippen LogP contribution in [0.1, 0.15) is 5.56 Å². The predicted molar refractivity (Wildman–Crippen MR) is 82.3 cm³/mol. The second-order valence-corrected chi connectivity index (χ2v) is 5.17. The van der Waals surface area contributed by atoms with Crippen molar-refractivity contribution in [2.75, 3.05) is 52.9 Å². The highest BCUT2D eigenvalue weighted by atomic mass is 15.2. The van der Waals surface area contributed by atoms with Gasteiger partial charge in [-0.25, -0.2) is 0 Å². The summed E-state index contributed by atoms with van der Waals surface area (Å²) < 4.78 is 0. The van der Waals surface area contributed by atoms with Crippen LogP contribution in [0.25, 0.3) is 6.08 Å². The van der Waals surface area contributed by atoms with Gasteiger partial charge in [-0.2, -0.15) is 0 Å². The van der Waals surface area contributed by atoms with Gasteiger partial charge in [0.15, 0.2) is 0 Å². The summed E-state index contributed by atoms with van der Waals surface area (Å²) in [5, 5.41) is 3.39. The summed E-state index contributed by atoms with van der Waals surface area (Å²) in [6.45, 7) is 7.98. The third-order valence-electron chi connectivity index (χ3n) is 3.53. The van der Waals surface area contributed by atoms with E-state index in [1.54, 1.807) is 0 Å². The molecule has 0 radical (unpaired) electrons. The molecule has 3 heteroatoms. The second kappa shape index (κ2) is 8.10. The fourth-order valence-electron chi connectivity index (χ4n) is 2.27. The highest BCUT2D eigenvalue weighted by molar-refractivity contribution is 5.48. The first-order valence-electron chi connectivity index (χ1n) is 7.18. The van der Waals surface area contributed by atoms with Crippen molar-refractivity contribution in [2.45, 2.75) is 0 Å². The third-order valence-corrected chi connectivity index (χ3v) is 3.53. The fourth-order valence-corrected chi connectivity index (χ4v) is 2.27. The summed E-state index contributed by atoms with van der Waals surface area (Å²) in [6.07, 6.45) is 4.44. The average Bonchev–Trinajstić information content (AvgIpc) is 2.47. The lowest BCUT2D eigenvalue weighted by molar-refractivity contribution is 0.211. The lowest BCUT2D eigenvalue weighted by Gasteiger charge is -2.28. The quantitative estimate of drug-likeness (QED) is 0.836. The number of hydrogen-bond acceptors (Lipinski definition) is 3. The Balaban J connectivity index is 1.64. The molecule has 3 nitrogen and oxygen atoms in total. The standard InChI is InChI=1S/C16H25N3/c1-18(14-15-19-12-9-17-10-13-19)11-5-8-16-6-3-2-4-7-16/h2-8,17H,9-15H2,1H3. The fraction of sp³-hybridized carbons (Fsp3) is 0.500. The number of hydrogen-bond donors (Lipinski definition) is 1. The number of piperazine rings is 1. The van der Waals surface area contributed by atoms with Crippen LogP contribution < -0.4 is 5.32 Å². The minimum Gasteiger partial charge on any atom is -0.314 e. The van der Waals surface area contributed by atoms with Crippen molar-refractivity contribution in [3.8, 4) is 0 Å². The van der Waals surface area contributed by atoms with Gasteiger partial charge in [0.05, 0.1) is 0 Å². The maximum atomic E-state index is 3.39. The van der Waals surface area contributed by atoms with Gasteiger partial charge in [-0.05, 0) is 12.6 Å². The Morgan fingerprint density at radius 3 is 2.68 bits per heavy atom. The molecule has 0 unspecified atom stereocenters. The van der Waals surface area contributed by atoms with Gasteiger partial charge < -0.3 is 10.2 Å². The molecule has 0 atom stereocenters. The van der Waals surface area contributed by atoms with Crippen molar-refractivity contribution in [2.24, 2.45) is 0 Å². The zero-order valence-electron chi connectivity index (χ0n) is 11.9. The molecule has 1 aliphatic rings. The molecule has 1 aromatic rings. The molecule has 2 rings (SSSR count). The monoisotopic (exact) mass is 259 g/mol. The van der Waals surface area contributed by atoms with Crippen molar-refractivity contribution in [1.29, 1.82) is 0 Å². The number of nitrogens with one attached hydrogen (secondary N) is 1. The SMILES string of the molecule is CN(CC=Cc1ccccc1)CCN1CCNCC1. The van der Waals surface area contributed by atoms with Crippen molar-refractivity contribution in [3.05, 3.63) is 42.0 Å². The Morgan fingerprint density at radius 2 is 1.95 bits per heavy atom. The minimum absolute atomic E-state index is 1.01. The zero-order chi connectivity index (χ0) is 13.3. The molecule has 104 valence electrons. The van der Waals surface area contributed by atoms with Gasteiger partial charge in [0.2, 0.25) is 0 Å². The number of likely N-dealkylation sites (N-methyl/N-ethyl adjacent to an activating group) is 1. The predicted octanol–water partition coefficient (Wildman–Crippen LogP) is 1.54. The highest BCUT2D eigenvalue weighted by Crippen LogP contribution is 2.01. The number of benzene rings is 1. The lowest BCUT2D eigenvalue weighted by atomic mass is 10.2. The smallest absolute Gasteiger partial charge is 0.0163 e. The summed E-state index contributed by atoms with van der Waals surface area (Å²) >= 11 is 0. The molecule has 0 aromatic heterocycles. The normalized spacial score (nSPS) is 17.4. The van der Waals surface area contributed by atoms with E-state index in [2.05, 4.69) is 64.6 Å². The van der Waals surface area contributed by atoms with Gasteiger partial charge in [-0.3, -0.25) is 4.90 Å². The van der Waals surface area contributed by atoms with E-state index in [1.807, 2.05) is 0 Å². The Hall–Kier alpha value is -1.16. The van der Waals surface area contributed by atoms with Crippen LogP contribution in [0.4, 0.5) is 0 Å². The van der Waals surface area contributed by atoms with Crippen molar-refractivity contribution in [3.63, 3.8) is 0 Å². The van der Waals surface area contributed by atoms with Gasteiger partial charge in [-0.1, -0.05) is 42.5 Å². The van der Waals surface area contributed by atoms with Crippen LogP contribution in [0.15, 0.2) is 36.4 Å². The summed E-state index contributed by atoms with van der Waals surface area (Å²) in [7, 11) is 2.19. The van der Waals surface area contributed by atoms with E-state index in [-0.39, 0.29) is 0 Å². The molecule has 0 saturated carbocycles. The molecule has 0 bridgehead atoms. The van der Waals surface area contributed by atoms with Crippen molar-refractivity contribution >= 4 is 6.08 Å². The zero-order valence-corrected chi connectivity index (χ0v) is 11.9. The molecule has 0 aliphatic carbocycles. The Kier molecular flexibility index (Phi) is 6.08. The van der Waals surface area contributed by atoms with Crippen LogP contribution in [-0.2, 0) is 0 Å². The molecule has 0 spiro atoms. The van der Waals surface area contributed by atoms with E-state index in [0.29, 0.717) is 0 Å². The van der Waals surface area contributed by atoms with Gasteiger partial charge >= 0.3 is 0 Å². The molecule has 1 heterocycles. The van der Waals surface area contributed by atoms with Gasteiger partial charge in [0, 0.05) is 45.8 Å². The third kappa shape index (κ3) is 5.55. The molecule has 1 saturated heterocycles. The van der Waals surface area contributed by atoms with Crippen molar-refractivity contribution < 1.29 is 0 Å². The van der Waals surface area contributed by atoms with E-state index in [9.17, 15) is 0 Å². The maximum absolute atomic E-state index is 3.39. The van der Waals surface area contributed by atoms with Gasteiger partial charge in [0.1, 0.15) is 0 Å². The van der Waals surface area contributed by atoms with Gasteiger partial charge in [0.25, 0.3) is 0 Å². The largest absolute Gasteiger partial charge is 0.314 e. The molecular weight excluding hydrogens is 234 g/mol. The van der Waals surface area contributed by atoms with E-state index < -0.39 is 0 Å². The summed E-state index contributed by atoms with van der Waals surface area (Å²) in [4.78, 5) is 4.91. The first-order valence-corrected chi connectivity index (χ1v) is 7.18. The van der Waals surface area contributed by atoms with E-state index in [0.717, 1.165) is 26.2 Å². The van der Waals surface area contributed by atoms with E-state index in [4.69, 9.17) is 0 Å². The summed E-state index contributed by atoms with van der Waals surface area (Å²) in [6, 6.07) is 10.5. The summed E-state index contributed by atoms with van der Waals surface area (Å²) in [5.41, 5.74) is 1.28. The maximum Gasteiger partial charge on any atom is 0.0163 e. The van der Waals surface area contributed by atoms with Crippen LogP contribution >= 0.6 is 0 Å². The van der Waals surface area contributed by atoms with Crippen LogP contribution in [0.3, 0.4) is 0 Å². The molecule has 1 fully saturated rings. The number of rotatable bonds is 6. The molecule has 1 aromatic carbocycles. The van der Waals surface area contributed by atoms with Crippen LogP contribution in [0.2, 0.25) is 0 Å². The van der Waals surface area contributed by atoms with Gasteiger partial charge in [-0.15, -0.1) is 0 Å². The summed E-state index contributed by atoms with van der Waals surface area (Å²) in [5.74, 6) is 0. The van der Waals surface area contributed by atoms with Crippen molar-refractivity contribution in [1.82, 2.24) is 15.1 Å².